The van der Waals surface area contributed by atoms with Crippen molar-refractivity contribution >= 4 is 5.96 Å². The predicted molar refractivity (Wildman–Crippen MR) is 40.2 cm³/mol. The van der Waals surface area contributed by atoms with E-state index in [-0.39, 0.29) is 12.1 Å². The fraction of sp³-hybridized carbons (Fsp3) is 0.833. The Labute approximate surface area is 65.1 Å². The highest BCUT2D eigenvalue weighted by molar-refractivity contribution is 5.77. The van der Waals surface area contributed by atoms with Crippen molar-refractivity contribution in [1.29, 1.82) is 0 Å². The Morgan fingerprint density at radius 1 is 1.64 bits per heavy atom. The lowest BCUT2D eigenvalue weighted by Gasteiger charge is -2.29. The van der Waals surface area contributed by atoms with Gasteiger partial charge in [-0.25, -0.2) is 0 Å². The second kappa shape index (κ2) is 3.43. The lowest BCUT2D eigenvalue weighted by molar-refractivity contribution is 0.101. The lowest BCUT2D eigenvalue weighted by atomic mass is 10.1. The Hall–Kier alpha value is -0.970. The average molecular weight is 159 g/mol. The number of oxime groups is 1. The molecule has 0 radical (unpaired) electrons. The van der Waals surface area contributed by atoms with E-state index in [2.05, 4.69) is 5.16 Å². The first-order valence-corrected chi connectivity index (χ1v) is 3.64. The van der Waals surface area contributed by atoms with Crippen LogP contribution >= 0.6 is 0 Å². The number of nitrogens with zero attached hydrogens (tertiary/aromatic N) is 2. The van der Waals surface area contributed by atoms with E-state index in [0.29, 0.717) is 6.54 Å². The maximum absolute atomic E-state index is 9.19. The first-order valence-electron chi connectivity index (χ1n) is 3.64. The smallest absolute Gasteiger partial charge is 0.233 e. The van der Waals surface area contributed by atoms with Crippen LogP contribution in [0.2, 0.25) is 0 Å². The zero-order valence-electron chi connectivity index (χ0n) is 6.27. The first kappa shape index (κ1) is 8.13. The number of guanidine groups is 1. The normalized spacial score (nSPS) is 27.2. The van der Waals surface area contributed by atoms with Crippen molar-refractivity contribution in [3.63, 3.8) is 0 Å². The maximum Gasteiger partial charge on any atom is 0.233 e. The Morgan fingerprint density at radius 3 is 2.91 bits per heavy atom. The third-order valence-corrected chi connectivity index (χ3v) is 1.82. The van der Waals surface area contributed by atoms with E-state index in [4.69, 9.17) is 10.9 Å². The molecular weight excluding hydrogens is 146 g/mol. The molecule has 1 heterocycles. The molecule has 1 saturated heterocycles. The van der Waals surface area contributed by atoms with Crippen molar-refractivity contribution in [2.75, 3.05) is 13.1 Å². The van der Waals surface area contributed by atoms with Crippen molar-refractivity contribution in [3.8, 4) is 0 Å². The van der Waals surface area contributed by atoms with Crippen LogP contribution in [-0.2, 0) is 0 Å². The largest absolute Gasteiger partial charge is 0.408 e. The minimum absolute atomic E-state index is 0.0868. The van der Waals surface area contributed by atoms with E-state index >= 15 is 0 Å². The van der Waals surface area contributed by atoms with Crippen LogP contribution in [0, 0.1) is 0 Å². The SMILES string of the molecule is NC(=NO)N1CCCC(O)C1. The lowest BCUT2D eigenvalue weighted by Crippen LogP contribution is -2.45. The van der Waals surface area contributed by atoms with Gasteiger partial charge in [0.05, 0.1) is 6.10 Å². The predicted octanol–water partition coefficient (Wildman–Crippen LogP) is -0.853. The molecule has 0 spiro atoms. The molecule has 0 amide bonds. The first-order chi connectivity index (χ1) is 5.24. The molecule has 11 heavy (non-hydrogen) atoms. The van der Waals surface area contributed by atoms with Crippen LogP contribution in [0.15, 0.2) is 5.16 Å². The topological polar surface area (TPSA) is 82.1 Å². The van der Waals surface area contributed by atoms with Crippen molar-refractivity contribution in [3.05, 3.63) is 0 Å². The van der Waals surface area contributed by atoms with Gasteiger partial charge in [0.1, 0.15) is 0 Å². The van der Waals surface area contributed by atoms with Crippen LogP contribution in [0.3, 0.4) is 0 Å². The number of β-amino-alcohol motifs (C(OH)–C–C–N with tert-alkyl or cyclic N) is 1. The number of hydrogen-bond acceptors (Lipinski definition) is 3. The molecule has 1 aliphatic heterocycles. The number of nitrogens with two attached hydrogens (primary N) is 1. The van der Waals surface area contributed by atoms with E-state index in [0.717, 1.165) is 19.4 Å². The van der Waals surface area contributed by atoms with Gasteiger partial charge < -0.3 is 20.9 Å². The monoisotopic (exact) mass is 159 g/mol. The van der Waals surface area contributed by atoms with Gasteiger partial charge in [-0.15, -0.1) is 0 Å². The second-order valence-electron chi connectivity index (χ2n) is 2.70. The van der Waals surface area contributed by atoms with Gasteiger partial charge in [-0.05, 0) is 12.8 Å². The Balaban J connectivity index is 2.46. The van der Waals surface area contributed by atoms with Crippen LogP contribution in [0.4, 0.5) is 0 Å². The Kier molecular flexibility index (Phi) is 2.53. The summed E-state index contributed by atoms with van der Waals surface area (Å²) in [7, 11) is 0. The summed E-state index contributed by atoms with van der Waals surface area (Å²) in [4.78, 5) is 1.66. The zero-order chi connectivity index (χ0) is 8.27. The summed E-state index contributed by atoms with van der Waals surface area (Å²) in [5.41, 5.74) is 5.32. The van der Waals surface area contributed by atoms with E-state index in [1.807, 2.05) is 0 Å². The van der Waals surface area contributed by atoms with Gasteiger partial charge in [0.15, 0.2) is 0 Å². The van der Waals surface area contributed by atoms with E-state index in [9.17, 15) is 5.11 Å². The number of hydrogen-bond donors (Lipinski definition) is 3. The summed E-state index contributed by atoms with van der Waals surface area (Å²) in [6, 6.07) is 0. The van der Waals surface area contributed by atoms with Crippen LogP contribution in [0.25, 0.3) is 0 Å². The van der Waals surface area contributed by atoms with Gasteiger partial charge >= 0.3 is 0 Å². The fourth-order valence-electron chi connectivity index (χ4n) is 1.23. The molecule has 1 unspecified atom stereocenters. The molecule has 1 aliphatic rings. The van der Waals surface area contributed by atoms with Crippen molar-refractivity contribution in [1.82, 2.24) is 4.90 Å². The molecule has 1 fully saturated rings. The number of piperidine rings is 1. The molecule has 64 valence electrons. The summed E-state index contributed by atoms with van der Waals surface area (Å²) in [6.07, 6.45) is 1.34. The standard InChI is InChI=1S/C6H13N3O2/c7-6(8-11)9-3-1-2-5(10)4-9/h5,10-11H,1-4H2,(H2,7,8). The highest BCUT2D eigenvalue weighted by Crippen LogP contribution is 2.08. The second-order valence-corrected chi connectivity index (χ2v) is 2.70. The molecule has 0 aromatic heterocycles. The zero-order valence-corrected chi connectivity index (χ0v) is 6.27. The van der Waals surface area contributed by atoms with E-state index < -0.39 is 0 Å². The third-order valence-electron chi connectivity index (χ3n) is 1.82. The van der Waals surface area contributed by atoms with Gasteiger partial charge in [-0.3, -0.25) is 0 Å². The molecule has 0 saturated carbocycles. The van der Waals surface area contributed by atoms with Crippen LogP contribution in [0.1, 0.15) is 12.8 Å². The van der Waals surface area contributed by atoms with Gasteiger partial charge in [-0.1, -0.05) is 5.16 Å². The van der Waals surface area contributed by atoms with Gasteiger partial charge in [0.25, 0.3) is 0 Å². The van der Waals surface area contributed by atoms with E-state index in [1.165, 1.54) is 0 Å². The third kappa shape index (κ3) is 1.98. The van der Waals surface area contributed by atoms with Gasteiger partial charge in [0.2, 0.25) is 5.96 Å². The minimum Gasteiger partial charge on any atom is -0.408 e. The van der Waals surface area contributed by atoms with Crippen LogP contribution in [0.5, 0.6) is 0 Å². The number of rotatable bonds is 0. The molecular formula is C6H13N3O2. The van der Waals surface area contributed by atoms with Crippen molar-refractivity contribution in [2.24, 2.45) is 10.9 Å². The number of aliphatic hydroxyl groups excluding tert-OH is 1. The number of aliphatic hydroxyl groups is 1. The summed E-state index contributed by atoms with van der Waals surface area (Å²) < 4.78 is 0. The highest BCUT2D eigenvalue weighted by Gasteiger charge is 2.18. The van der Waals surface area contributed by atoms with E-state index in [1.54, 1.807) is 4.90 Å². The fourth-order valence-corrected chi connectivity index (χ4v) is 1.23. The average Bonchev–Trinajstić information content (AvgIpc) is 2.03. The minimum atomic E-state index is -0.343. The molecule has 0 bridgehead atoms. The molecule has 5 heteroatoms. The summed E-state index contributed by atoms with van der Waals surface area (Å²) in [5.74, 6) is 0.0868. The van der Waals surface area contributed by atoms with Crippen LogP contribution < -0.4 is 5.73 Å². The Morgan fingerprint density at radius 2 is 2.36 bits per heavy atom. The molecule has 4 N–H and O–H groups in total. The van der Waals surface area contributed by atoms with Crippen LogP contribution in [-0.4, -0.2) is 40.4 Å². The summed E-state index contributed by atoms with van der Waals surface area (Å²) in [5, 5.41) is 20.4. The summed E-state index contributed by atoms with van der Waals surface area (Å²) in [6.45, 7) is 1.23. The molecule has 0 aromatic carbocycles. The molecule has 5 nitrogen and oxygen atoms in total. The molecule has 0 aromatic rings. The quantitative estimate of drug-likeness (QED) is 0.186. The van der Waals surface area contributed by atoms with Gasteiger partial charge in [0, 0.05) is 13.1 Å². The molecule has 0 aliphatic carbocycles. The van der Waals surface area contributed by atoms with Crippen molar-refractivity contribution in [2.45, 2.75) is 18.9 Å². The highest BCUT2D eigenvalue weighted by atomic mass is 16.4. The number of likely N-dealkylation sites (tertiary alicyclic amines) is 1. The molecule has 1 atom stereocenters. The summed E-state index contributed by atoms with van der Waals surface area (Å²) >= 11 is 0. The van der Waals surface area contributed by atoms with Gasteiger partial charge in [-0.2, -0.15) is 0 Å². The maximum atomic E-state index is 9.19. The van der Waals surface area contributed by atoms with Crippen molar-refractivity contribution < 1.29 is 10.3 Å². The Bertz CT molecular complexity index is 160. The molecule has 1 rings (SSSR count).